The first-order valence-electron chi connectivity index (χ1n) is 9.02. The zero-order chi connectivity index (χ0) is 20.2. The predicted octanol–water partition coefficient (Wildman–Crippen LogP) is 3.59. The monoisotopic (exact) mass is 409 g/mol. The van der Waals surface area contributed by atoms with E-state index in [-0.39, 0.29) is 24.2 Å². The number of fused-ring (bicyclic) bond motifs is 1. The molecule has 148 valence electrons. The van der Waals surface area contributed by atoms with Crippen molar-refractivity contribution in [2.75, 3.05) is 17.9 Å². The minimum absolute atomic E-state index is 0.00673. The normalized spacial score (nSPS) is 12.0. The number of carbonyl (C=O) groups excluding carboxylic acids is 2. The lowest BCUT2D eigenvalue weighted by Gasteiger charge is -2.09. The van der Waals surface area contributed by atoms with Gasteiger partial charge in [0.1, 0.15) is 0 Å². The van der Waals surface area contributed by atoms with Crippen LogP contribution in [0.1, 0.15) is 22.8 Å². The number of carbonyl (C=O) groups is 2. The SMILES string of the molecule is CC(=O)c1ccc(NC(=O)CSc2nccn2Cc2ccc3c(c2)OCO3)cc1. The summed E-state index contributed by atoms with van der Waals surface area (Å²) in [4.78, 5) is 27.9. The third kappa shape index (κ3) is 4.60. The molecule has 3 aromatic rings. The fourth-order valence-corrected chi connectivity index (χ4v) is 3.67. The first kappa shape index (κ1) is 19.1. The van der Waals surface area contributed by atoms with E-state index in [0.717, 1.165) is 22.2 Å². The summed E-state index contributed by atoms with van der Waals surface area (Å²) in [6.07, 6.45) is 3.60. The summed E-state index contributed by atoms with van der Waals surface area (Å²) in [6.45, 7) is 2.38. The molecular formula is C21H19N3O4S. The van der Waals surface area contributed by atoms with E-state index >= 15 is 0 Å². The molecule has 2 aromatic carbocycles. The molecule has 1 amide bonds. The highest BCUT2D eigenvalue weighted by molar-refractivity contribution is 7.99. The Hall–Kier alpha value is -3.26. The second kappa shape index (κ2) is 8.40. The Bertz CT molecular complexity index is 1050. The van der Waals surface area contributed by atoms with Crippen LogP contribution in [0.25, 0.3) is 0 Å². The first-order valence-corrected chi connectivity index (χ1v) is 10.0. The zero-order valence-corrected chi connectivity index (χ0v) is 16.6. The maximum atomic E-state index is 12.3. The lowest BCUT2D eigenvalue weighted by Crippen LogP contribution is -2.14. The number of nitrogens with zero attached hydrogens (tertiary/aromatic N) is 2. The van der Waals surface area contributed by atoms with Gasteiger partial charge in [0.15, 0.2) is 22.4 Å². The Morgan fingerprint density at radius 3 is 2.72 bits per heavy atom. The van der Waals surface area contributed by atoms with Gasteiger partial charge in [-0.3, -0.25) is 9.59 Å². The molecular weight excluding hydrogens is 390 g/mol. The van der Waals surface area contributed by atoms with Gasteiger partial charge in [-0.25, -0.2) is 4.98 Å². The molecule has 1 aliphatic rings. The van der Waals surface area contributed by atoms with E-state index in [1.165, 1.54) is 18.7 Å². The molecule has 1 aliphatic heterocycles. The number of nitrogens with one attached hydrogen (secondary N) is 1. The number of rotatable bonds is 7. The highest BCUT2D eigenvalue weighted by Gasteiger charge is 2.14. The number of imidazole rings is 1. The van der Waals surface area contributed by atoms with E-state index in [0.29, 0.717) is 17.8 Å². The van der Waals surface area contributed by atoms with Crippen molar-refractivity contribution in [3.63, 3.8) is 0 Å². The Kier molecular flexibility index (Phi) is 5.53. The lowest BCUT2D eigenvalue weighted by molar-refractivity contribution is -0.113. The van der Waals surface area contributed by atoms with Crippen LogP contribution in [-0.2, 0) is 11.3 Å². The van der Waals surface area contributed by atoms with E-state index in [4.69, 9.17) is 9.47 Å². The maximum Gasteiger partial charge on any atom is 0.234 e. The maximum absolute atomic E-state index is 12.3. The molecule has 0 spiro atoms. The predicted molar refractivity (Wildman–Crippen MR) is 110 cm³/mol. The number of aromatic nitrogens is 2. The second-order valence-corrected chi connectivity index (χ2v) is 7.44. The quantitative estimate of drug-likeness (QED) is 0.474. The fraction of sp³-hybridized carbons (Fsp3) is 0.190. The molecule has 1 aromatic heterocycles. The van der Waals surface area contributed by atoms with Gasteiger partial charge >= 0.3 is 0 Å². The smallest absolute Gasteiger partial charge is 0.234 e. The molecule has 0 atom stereocenters. The molecule has 7 nitrogen and oxygen atoms in total. The van der Waals surface area contributed by atoms with Gasteiger partial charge in [0, 0.05) is 30.2 Å². The van der Waals surface area contributed by atoms with E-state index in [1.807, 2.05) is 29.0 Å². The molecule has 0 saturated heterocycles. The van der Waals surface area contributed by atoms with Crippen molar-refractivity contribution < 1.29 is 19.1 Å². The Balaban J connectivity index is 1.34. The number of hydrogen-bond acceptors (Lipinski definition) is 6. The molecule has 0 aliphatic carbocycles. The van der Waals surface area contributed by atoms with E-state index in [9.17, 15) is 9.59 Å². The molecule has 0 saturated carbocycles. The summed E-state index contributed by atoms with van der Waals surface area (Å²) < 4.78 is 12.7. The molecule has 0 unspecified atom stereocenters. The molecule has 0 bridgehead atoms. The third-order valence-corrected chi connectivity index (χ3v) is 5.38. The summed E-state index contributed by atoms with van der Waals surface area (Å²) >= 11 is 1.36. The Morgan fingerprint density at radius 1 is 1.14 bits per heavy atom. The largest absolute Gasteiger partial charge is 0.454 e. The second-order valence-electron chi connectivity index (χ2n) is 6.50. The number of hydrogen-bond donors (Lipinski definition) is 1. The standard InChI is InChI=1S/C21H19N3O4S/c1-14(25)16-3-5-17(6-4-16)23-20(26)12-29-21-22-8-9-24(21)11-15-2-7-18-19(10-15)28-13-27-18/h2-10H,11-13H2,1H3,(H,23,26). The van der Waals surface area contributed by atoms with Crippen molar-refractivity contribution in [1.29, 1.82) is 0 Å². The van der Waals surface area contributed by atoms with Gasteiger partial charge in [-0.05, 0) is 48.9 Å². The van der Waals surface area contributed by atoms with Crippen LogP contribution in [0.15, 0.2) is 60.0 Å². The van der Waals surface area contributed by atoms with Gasteiger partial charge in [-0.2, -0.15) is 0 Å². The third-order valence-electron chi connectivity index (χ3n) is 4.37. The summed E-state index contributed by atoms with van der Waals surface area (Å²) in [6, 6.07) is 12.7. The van der Waals surface area contributed by atoms with Gasteiger partial charge in [-0.1, -0.05) is 17.8 Å². The summed E-state index contributed by atoms with van der Waals surface area (Å²) in [7, 11) is 0. The summed E-state index contributed by atoms with van der Waals surface area (Å²) in [5.41, 5.74) is 2.33. The van der Waals surface area contributed by atoms with Gasteiger partial charge in [0.2, 0.25) is 12.7 Å². The van der Waals surface area contributed by atoms with Crippen LogP contribution in [0.5, 0.6) is 11.5 Å². The van der Waals surface area contributed by atoms with Crippen molar-refractivity contribution >= 4 is 29.1 Å². The Morgan fingerprint density at radius 2 is 1.93 bits per heavy atom. The molecule has 2 heterocycles. The molecule has 1 N–H and O–H groups in total. The van der Waals surface area contributed by atoms with Gasteiger partial charge in [-0.15, -0.1) is 0 Å². The van der Waals surface area contributed by atoms with Crippen molar-refractivity contribution in [2.24, 2.45) is 0 Å². The zero-order valence-electron chi connectivity index (χ0n) is 15.8. The van der Waals surface area contributed by atoms with Crippen molar-refractivity contribution in [2.45, 2.75) is 18.6 Å². The molecule has 0 radical (unpaired) electrons. The van der Waals surface area contributed by atoms with Gasteiger partial charge in [0.25, 0.3) is 0 Å². The van der Waals surface area contributed by atoms with Crippen molar-refractivity contribution in [1.82, 2.24) is 9.55 Å². The van der Waals surface area contributed by atoms with Gasteiger partial charge in [0.05, 0.1) is 5.75 Å². The van der Waals surface area contributed by atoms with Crippen LogP contribution in [0.4, 0.5) is 5.69 Å². The number of thioether (sulfide) groups is 1. The van der Waals surface area contributed by atoms with E-state index < -0.39 is 0 Å². The molecule has 0 fully saturated rings. The molecule has 29 heavy (non-hydrogen) atoms. The lowest BCUT2D eigenvalue weighted by atomic mass is 10.1. The van der Waals surface area contributed by atoms with E-state index in [1.54, 1.807) is 30.5 Å². The van der Waals surface area contributed by atoms with Crippen LogP contribution in [-0.4, -0.2) is 33.8 Å². The van der Waals surface area contributed by atoms with Crippen LogP contribution < -0.4 is 14.8 Å². The number of ketones is 1. The minimum atomic E-state index is -0.136. The van der Waals surface area contributed by atoms with E-state index in [2.05, 4.69) is 10.3 Å². The number of anilines is 1. The number of benzene rings is 2. The average Bonchev–Trinajstić information content (AvgIpc) is 3.35. The fourth-order valence-electron chi connectivity index (χ4n) is 2.91. The summed E-state index contributed by atoms with van der Waals surface area (Å²) in [5.74, 6) is 1.58. The highest BCUT2D eigenvalue weighted by Crippen LogP contribution is 2.33. The molecule has 4 rings (SSSR count). The minimum Gasteiger partial charge on any atom is -0.454 e. The Labute approximate surface area is 172 Å². The summed E-state index contributed by atoms with van der Waals surface area (Å²) in [5, 5.41) is 3.58. The van der Waals surface area contributed by atoms with Gasteiger partial charge < -0.3 is 19.4 Å². The number of amides is 1. The topological polar surface area (TPSA) is 82.5 Å². The van der Waals surface area contributed by atoms with Crippen LogP contribution in [0, 0.1) is 0 Å². The van der Waals surface area contributed by atoms with Crippen molar-refractivity contribution in [3.8, 4) is 11.5 Å². The van der Waals surface area contributed by atoms with Crippen LogP contribution >= 0.6 is 11.8 Å². The molecule has 8 heteroatoms. The van der Waals surface area contributed by atoms with Crippen LogP contribution in [0.2, 0.25) is 0 Å². The number of Topliss-reactive ketones (excluding diaryl/α,β-unsaturated/α-hetero) is 1. The first-order chi connectivity index (χ1) is 14.1. The van der Waals surface area contributed by atoms with Crippen molar-refractivity contribution in [3.05, 3.63) is 66.0 Å². The average molecular weight is 409 g/mol. The van der Waals surface area contributed by atoms with Crippen LogP contribution in [0.3, 0.4) is 0 Å². The highest BCUT2D eigenvalue weighted by atomic mass is 32.2. The number of ether oxygens (including phenoxy) is 2.